The Bertz CT molecular complexity index is 1150. The molecule has 1 aromatic heterocycles. The van der Waals surface area contributed by atoms with Crippen LogP contribution in [0.25, 0.3) is 11.0 Å². The highest BCUT2D eigenvalue weighted by molar-refractivity contribution is 5.92. The van der Waals surface area contributed by atoms with Crippen LogP contribution in [0, 0.1) is 13.8 Å². The van der Waals surface area contributed by atoms with Gasteiger partial charge in [0, 0.05) is 17.0 Å². The molecule has 0 bridgehead atoms. The normalized spacial score (nSPS) is 12.7. The molecule has 0 aliphatic rings. The summed E-state index contributed by atoms with van der Waals surface area (Å²) in [6, 6.07) is 10.0. The molecule has 1 unspecified atom stereocenters. The average molecular weight is 419 g/mol. The van der Waals surface area contributed by atoms with Gasteiger partial charge in [0.25, 0.3) is 5.91 Å². The lowest BCUT2D eigenvalue weighted by Crippen LogP contribution is -3.08. The zero-order chi connectivity index (χ0) is 22.1. The standard InChI is InChI=1S/C22H21F3N2O3/c1-13-8-9-16-15(10-20(29)30-21(16)14(13)2)11-27(3)12-19(28)26-18-7-5-4-6-17(18)22(23,24)25/h4-10H,11-12H2,1-3H3,(H,26,28)/p+1. The molecular formula is C22H22F3N2O3+. The number of carbonyl (C=O) groups is 1. The number of para-hydroxylation sites is 1. The molecule has 2 aromatic carbocycles. The maximum absolute atomic E-state index is 13.1. The third-order valence-electron chi connectivity index (χ3n) is 4.98. The van der Waals surface area contributed by atoms with Gasteiger partial charge in [-0.2, -0.15) is 13.2 Å². The Morgan fingerprint density at radius 2 is 1.83 bits per heavy atom. The number of anilines is 1. The third kappa shape index (κ3) is 4.71. The summed E-state index contributed by atoms with van der Waals surface area (Å²) in [5, 5.41) is 3.12. The number of amides is 1. The Morgan fingerprint density at radius 3 is 2.53 bits per heavy atom. The second-order valence-electron chi connectivity index (χ2n) is 7.38. The number of fused-ring (bicyclic) bond motifs is 1. The van der Waals surface area contributed by atoms with Gasteiger partial charge in [0.15, 0.2) is 6.54 Å². The molecule has 0 fully saturated rings. The first-order valence-corrected chi connectivity index (χ1v) is 9.36. The number of likely N-dealkylation sites (N-methyl/N-ethyl adjacent to an activating group) is 1. The van der Waals surface area contributed by atoms with Crippen molar-refractivity contribution in [3.05, 3.63) is 75.1 Å². The van der Waals surface area contributed by atoms with Gasteiger partial charge >= 0.3 is 11.8 Å². The number of benzene rings is 2. The molecule has 3 aromatic rings. The predicted molar refractivity (Wildman–Crippen MR) is 107 cm³/mol. The van der Waals surface area contributed by atoms with Crippen LogP contribution < -0.4 is 15.8 Å². The van der Waals surface area contributed by atoms with E-state index in [0.29, 0.717) is 22.6 Å². The first-order chi connectivity index (χ1) is 14.1. The van der Waals surface area contributed by atoms with Gasteiger partial charge in [-0.1, -0.05) is 24.3 Å². The maximum Gasteiger partial charge on any atom is 0.418 e. The molecule has 158 valence electrons. The van der Waals surface area contributed by atoms with E-state index in [0.717, 1.165) is 22.6 Å². The quantitative estimate of drug-likeness (QED) is 0.625. The van der Waals surface area contributed by atoms with Gasteiger partial charge < -0.3 is 14.6 Å². The molecule has 5 nitrogen and oxygen atoms in total. The van der Waals surface area contributed by atoms with Gasteiger partial charge in [-0.05, 0) is 37.1 Å². The second-order valence-corrected chi connectivity index (χ2v) is 7.38. The number of alkyl halides is 3. The lowest BCUT2D eigenvalue weighted by Gasteiger charge is -2.17. The number of carbonyl (C=O) groups excluding carboxylic acids is 1. The van der Waals surface area contributed by atoms with Crippen LogP contribution in [-0.4, -0.2) is 19.5 Å². The van der Waals surface area contributed by atoms with Crippen LogP contribution in [0.4, 0.5) is 18.9 Å². The largest absolute Gasteiger partial charge is 0.422 e. The molecule has 0 aliphatic carbocycles. The first-order valence-electron chi connectivity index (χ1n) is 9.36. The van der Waals surface area contributed by atoms with E-state index in [1.54, 1.807) is 7.05 Å². The number of aryl methyl sites for hydroxylation is 2. The summed E-state index contributed by atoms with van der Waals surface area (Å²) in [6.07, 6.45) is -4.56. The number of hydrogen-bond donors (Lipinski definition) is 2. The molecule has 3 rings (SSSR count). The molecular weight excluding hydrogens is 397 g/mol. The van der Waals surface area contributed by atoms with Crippen molar-refractivity contribution >= 4 is 22.6 Å². The van der Waals surface area contributed by atoms with Crippen molar-refractivity contribution in [3.63, 3.8) is 0 Å². The molecule has 1 atom stereocenters. The van der Waals surface area contributed by atoms with Gasteiger partial charge in [0.05, 0.1) is 18.3 Å². The maximum atomic E-state index is 13.1. The van der Waals surface area contributed by atoms with Crippen molar-refractivity contribution < 1.29 is 27.3 Å². The van der Waals surface area contributed by atoms with Crippen LogP contribution in [0.3, 0.4) is 0 Å². The summed E-state index contributed by atoms with van der Waals surface area (Å²) >= 11 is 0. The first kappa shape index (κ1) is 21.6. The van der Waals surface area contributed by atoms with Crippen LogP contribution >= 0.6 is 0 Å². The average Bonchev–Trinajstić information content (AvgIpc) is 2.64. The molecule has 1 amide bonds. The number of quaternary nitrogens is 1. The lowest BCUT2D eigenvalue weighted by atomic mass is 10.0. The monoisotopic (exact) mass is 419 g/mol. The minimum Gasteiger partial charge on any atom is -0.422 e. The third-order valence-corrected chi connectivity index (χ3v) is 4.98. The molecule has 30 heavy (non-hydrogen) atoms. The number of hydrogen-bond acceptors (Lipinski definition) is 3. The molecule has 0 spiro atoms. The smallest absolute Gasteiger partial charge is 0.418 e. The van der Waals surface area contributed by atoms with E-state index in [-0.39, 0.29) is 12.2 Å². The van der Waals surface area contributed by atoms with Crippen LogP contribution in [0.5, 0.6) is 0 Å². The van der Waals surface area contributed by atoms with Gasteiger partial charge in [0.2, 0.25) is 0 Å². The van der Waals surface area contributed by atoms with Crippen molar-refractivity contribution in [1.82, 2.24) is 0 Å². The lowest BCUT2D eigenvalue weighted by molar-refractivity contribution is -0.885. The van der Waals surface area contributed by atoms with E-state index in [1.165, 1.54) is 24.3 Å². The van der Waals surface area contributed by atoms with E-state index < -0.39 is 23.3 Å². The summed E-state index contributed by atoms with van der Waals surface area (Å²) in [5.41, 5.74) is 1.42. The van der Waals surface area contributed by atoms with Crippen LogP contribution in [0.15, 0.2) is 51.7 Å². The minimum atomic E-state index is -4.56. The molecule has 0 saturated carbocycles. The Morgan fingerprint density at radius 1 is 1.13 bits per heavy atom. The van der Waals surface area contributed by atoms with E-state index >= 15 is 0 Å². The van der Waals surface area contributed by atoms with E-state index in [1.807, 2.05) is 26.0 Å². The summed E-state index contributed by atoms with van der Waals surface area (Å²) in [5.74, 6) is -0.552. The minimum absolute atomic E-state index is 0.0707. The topological polar surface area (TPSA) is 63.8 Å². The molecule has 1 heterocycles. The van der Waals surface area contributed by atoms with E-state index in [2.05, 4.69) is 5.32 Å². The highest BCUT2D eigenvalue weighted by Gasteiger charge is 2.33. The zero-order valence-electron chi connectivity index (χ0n) is 16.8. The SMILES string of the molecule is Cc1ccc2c(C[NH+](C)CC(=O)Nc3ccccc3C(F)(F)F)cc(=O)oc2c1C. The van der Waals surface area contributed by atoms with E-state index in [9.17, 15) is 22.8 Å². The van der Waals surface area contributed by atoms with Gasteiger partial charge in [-0.25, -0.2) is 4.79 Å². The second kappa shape index (κ2) is 8.31. The summed E-state index contributed by atoms with van der Waals surface area (Å²) in [6.45, 7) is 4.05. The van der Waals surface area contributed by atoms with Crippen molar-refractivity contribution in [3.8, 4) is 0 Å². The summed E-state index contributed by atoms with van der Waals surface area (Å²) < 4.78 is 44.7. The fourth-order valence-electron chi connectivity index (χ4n) is 3.37. The fourth-order valence-corrected chi connectivity index (χ4v) is 3.37. The van der Waals surface area contributed by atoms with Crippen molar-refractivity contribution in [1.29, 1.82) is 0 Å². The molecule has 0 aliphatic heterocycles. The van der Waals surface area contributed by atoms with Crippen molar-refractivity contribution in [2.75, 3.05) is 18.9 Å². The van der Waals surface area contributed by atoms with Crippen molar-refractivity contribution in [2.24, 2.45) is 0 Å². The molecule has 2 N–H and O–H groups in total. The number of halogens is 3. The number of rotatable bonds is 5. The zero-order valence-corrected chi connectivity index (χ0v) is 16.8. The van der Waals surface area contributed by atoms with Gasteiger partial charge in [-0.15, -0.1) is 0 Å². The molecule has 0 radical (unpaired) electrons. The number of nitrogens with one attached hydrogen (secondary N) is 2. The Hall–Kier alpha value is -3.13. The Kier molecular flexibility index (Phi) is 5.98. The highest BCUT2D eigenvalue weighted by atomic mass is 19.4. The summed E-state index contributed by atoms with van der Waals surface area (Å²) in [7, 11) is 1.73. The highest BCUT2D eigenvalue weighted by Crippen LogP contribution is 2.34. The van der Waals surface area contributed by atoms with E-state index in [4.69, 9.17) is 4.42 Å². The van der Waals surface area contributed by atoms with Gasteiger partial charge in [-0.3, -0.25) is 4.79 Å². The van der Waals surface area contributed by atoms with Crippen LogP contribution in [-0.2, 0) is 17.5 Å². The Balaban J connectivity index is 1.77. The van der Waals surface area contributed by atoms with Crippen molar-refractivity contribution in [2.45, 2.75) is 26.6 Å². The van der Waals surface area contributed by atoms with Crippen LogP contribution in [0.2, 0.25) is 0 Å². The fraction of sp³-hybridized carbons (Fsp3) is 0.273. The predicted octanol–water partition coefficient (Wildman–Crippen LogP) is 3.08. The summed E-state index contributed by atoms with van der Waals surface area (Å²) in [4.78, 5) is 25.0. The van der Waals surface area contributed by atoms with Gasteiger partial charge in [0.1, 0.15) is 12.1 Å². The molecule has 8 heteroatoms. The Labute approximate surface area is 171 Å². The molecule has 0 saturated heterocycles. The van der Waals surface area contributed by atoms with Crippen LogP contribution in [0.1, 0.15) is 22.3 Å².